The third kappa shape index (κ3) is 2.39. The van der Waals surface area contributed by atoms with E-state index in [1.54, 1.807) is 29.0 Å². The van der Waals surface area contributed by atoms with Gasteiger partial charge in [0.15, 0.2) is 5.78 Å². The number of carbonyl (C=O) groups is 1. The van der Waals surface area contributed by atoms with Gasteiger partial charge in [0.1, 0.15) is 0 Å². The molecule has 4 nitrogen and oxygen atoms in total. The minimum absolute atomic E-state index is 0.110. The van der Waals surface area contributed by atoms with Crippen LogP contribution in [-0.2, 0) is 13.0 Å². The number of nitrogens with zero attached hydrogens (tertiary/aromatic N) is 2. The van der Waals surface area contributed by atoms with E-state index in [4.69, 9.17) is 11.6 Å². The molecule has 0 bridgehead atoms. The number of aromatic nitrogens is 2. The average Bonchev–Trinajstić information content (AvgIpc) is 2.42. The number of Topliss-reactive ketones (excluding diaryl/α,β-unsaturated/α-hetero) is 1. The standard InChI is InChI=1S/C15H13ClN2O2/c16-10-6-7-17-11(8-10)9-18-13-2-1-3-14(19)12(13)4-5-15(18)20/h4-8H,1-3,9H2. The smallest absolute Gasteiger partial charge is 0.251 e. The van der Waals surface area contributed by atoms with E-state index in [9.17, 15) is 9.59 Å². The van der Waals surface area contributed by atoms with E-state index in [1.807, 2.05) is 0 Å². The molecular weight excluding hydrogens is 276 g/mol. The Hall–Kier alpha value is -1.94. The van der Waals surface area contributed by atoms with E-state index in [-0.39, 0.29) is 11.3 Å². The van der Waals surface area contributed by atoms with Crippen LogP contribution in [0.15, 0.2) is 35.3 Å². The average molecular weight is 289 g/mol. The molecule has 3 rings (SSSR count). The third-order valence-electron chi connectivity index (χ3n) is 3.51. The van der Waals surface area contributed by atoms with E-state index < -0.39 is 0 Å². The SMILES string of the molecule is O=C1CCCc2c1ccc(=O)n2Cc1cc(Cl)ccn1. The molecular formula is C15H13ClN2O2. The van der Waals surface area contributed by atoms with Gasteiger partial charge < -0.3 is 4.57 Å². The fraction of sp³-hybridized carbons (Fsp3) is 0.267. The highest BCUT2D eigenvalue weighted by Crippen LogP contribution is 2.20. The molecule has 0 radical (unpaired) electrons. The van der Waals surface area contributed by atoms with Crippen molar-refractivity contribution < 1.29 is 4.79 Å². The van der Waals surface area contributed by atoms with Gasteiger partial charge in [0.2, 0.25) is 0 Å². The molecule has 0 unspecified atom stereocenters. The lowest BCUT2D eigenvalue weighted by Gasteiger charge is -2.19. The molecule has 0 aromatic carbocycles. The highest BCUT2D eigenvalue weighted by atomic mass is 35.5. The Bertz CT molecular complexity index is 737. The normalized spacial score (nSPS) is 14.2. The largest absolute Gasteiger partial charge is 0.306 e. The number of ketones is 1. The maximum Gasteiger partial charge on any atom is 0.251 e. The molecule has 1 aliphatic rings. The van der Waals surface area contributed by atoms with Crippen LogP contribution in [-0.4, -0.2) is 15.3 Å². The molecule has 1 aliphatic carbocycles. The summed E-state index contributed by atoms with van der Waals surface area (Å²) in [5, 5.41) is 0.587. The maximum atomic E-state index is 12.1. The minimum atomic E-state index is -0.111. The number of pyridine rings is 2. The first-order chi connectivity index (χ1) is 9.65. The number of hydrogen-bond donors (Lipinski definition) is 0. The third-order valence-corrected chi connectivity index (χ3v) is 3.75. The van der Waals surface area contributed by atoms with Crippen molar-refractivity contribution in [1.82, 2.24) is 9.55 Å². The van der Waals surface area contributed by atoms with Crippen molar-refractivity contribution in [1.29, 1.82) is 0 Å². The first kappa shape index (κ1) is 13.1. The van der Waals surface area contributed by atoms with Crippen LogP contribution in [0, 0.1) is 0 Å². The van der Waals surface area contributed by atoms with Crippen LogP contribution in [0.25, 0.3) is 0 Å². The van der Waals surface area contributed by atoms with Crippen molar-refractivity contribution in [3.63, 3.8) is 0 Å². The predicted molar refractivity (Wildman–Crippen MR) is 76.3 cm³/mol. The summed E-state index contributed by atoms with van der Waals surface area (Å²) in [6.07, 6.45) is 3.71. The quantitative estimate of drug-likeness (QED) is 0.853. The van der Waals surface area contributed by atoms with Crippen molar-refractivity contribution in [2.45, 2.75) is 25.8 Å². The van der Waals surface area contributed by atoms with Crippen LogP contribution < -0.4 is 5.56 Å². The van der Waals surface area contributed by atoms with Crippen LogP contribution in [0.4, 0.5) is 0 Å². The van der Waals surface area contributed by atoms with Crippen molar-refractivity contribution in [3.8, 4) is 0 Å². The fourth-order valence-corrected chi connectivity index (χ4v) is 2.75. The van der Waals surface area contributed by atoms with Gasteiger partial charge in [-0.05, 0) is 31.0 Å². The Labute approximate surface area is 121 Å². The van der Waals surface area contributed by atoms with Gasteiger partial charge >= 0.3 is 0 Å². The summed E-state index contributed by atoms with van der Waals surface area (Å²) >= 11 is 5.94. The molecule has 0 saturated carbocycles. The first-order valence-corrected chi connectivity index (χ1v) is 6.89. The molecule has 0 saturated heterocycles. The molecule has 0 fully saturated rings. The highest BCUT2D eigenvalue weighted by Gasteiger charge is 2.20. The maximum absolute atomic E-state index is 12.1. The molecule has 20 heavy (non-hydrogen) atoms. The van der Waals surface area contributed by atoms with Gasteiger partial charge in [0, 0.05) is 35.0 Å². The predicted octanol–water partition coefficient (Wildman–Crippen LogP) is 2.46. The molecule has 0 aliphatic heterocycles. The van der Waals surface area contributed by atoms with E-state index in [0.29, 0.717) is 29.2 Å². The molecule has 0 atom stereocenters. The Balaban J connectivity index is 2.07. The lowest BCUT2D eigenvalue weighted by molar-refractivity contribution is 0.0970. The van der Waals surface area contributed by atoms with Gasteiger partial charge in [-0.3, -0.25) is 14.6 Å². The summed E-state index contributed by atoms with van der Waals surface area (Å²) in [5.41, 5.74) is 2.08. The summed E-state index contributed by atoms with van der Waals surface area (Å²) in [4.78, 5) is 28.2. The lowest BCUT2D eigenvalue weighted by Crippen LogP contribution is -2.28. The molecule has 5 heteroatoms. The van der Waals surface area contributed by atoms with Gasteiger partial charge in [0.05, 0.1) is 12.2 Å². The number of carbonyl (C=O) groups excluding carboxylic acids is 1. The van der Waals surface area contributed by atoms with E-state index >= 15 is 0 Å². The van der Waals surface area contributed by atoms with Crippen molar-refractivity contribution in [2.24, 2.45) is 0 Å². The number of rotatable bonds is 2. The molecule has 0 spiro atoms. The Morgan fingerprint density at radius 2 is 2.05 bits per heavy atom. The highest BCUT2D eigenvalue weighted by molar-refractivity contribution is 6.30. The first-order valence-electron chi connectivity index (χ1n) is 6.51. The van der Waals surface area contributed by atoms with Crippen LogP contribution in [0.5, 0.6) is 0 Å². The van der Waals surface area contributed by atoms with E-state index in [0.717, 1.165) is 18.5 Å². The van der Waals surface area contributed by atoms with Gasteiger partial charge in [-0.15, -0.1) is 0 Å². The van der Waals surface area contributed by atoms with Gasteiger partial charge in [-0.2, -0.15) is 0 Å². The second kappa shape index (κ2) is 5.21. The number of halogens is 1. The Morgan fingerprint density at radius 3 is 2.85 bits per heavy atom. The monoisotopic (exact) mass is 288 g/mol. The summed E-state index contributed by atoms with van der Waals surface area (Å²) in [6, 6.07) is 6.52. The summed E-state index contributed by atoms with van der Waals surface area (Å²) in [6.45, 7) is 0.343. The molecule has 2 aromatic rings. The van der Waals surface area contributed by atoms with E-state index in [2.05, 4.69) is 4.98 Å². The van der Waals surface area contributed by atoms with Crippen LogP contribution in [0.2, 0.25) is 5.02 Å². The van der Waals surface area contributed by atoms with Gasteiger partial charge in [-0.25, -0.2) is 0 Å². The topological polar surface area (TPSA) is 52.0 Å². The van der Waals surface area contributed by atoms with Crippen molar-refractivity contribution in [2.75, 3.05) is 0 Å². The van der Waals surface area contributed by atoms with Crippen LogP contribution >= 0.6 is 11.6 Å². The molecule has 2 aromatic heterocycles. The fourth-order valence-electron chi connectivity index (χ4n) is 2.56. The molecule has 2 heterocycles. The summed E-state index contributed by atoms with van der Waals surface area (Å²) in [5.74, 6) is 0.110. The van der Waals surface area contributed by atoms with Crippen molar-refractivity contribution in [3.05, 3.63) is 62.8 Å². The van der Waals surface area contributed by atoms with Crippen LogP contribution in [0.3, 0.4) is 0 Å². The van der Waals surface area contributed by atoms with Crippen LogP contribution in [0.1, 0.15) is 34.6 Å². The minimum Gasteiger partial charge on any atom is -0.306 e. The molecule has 0 N–H and O–H groups in total. The Morgan fingerprint density at radius 1 is 1.20 bits per heavy atom. The zero-order valence-corrected chi connectivity index (χ0v) is 11.6. The summed E-state index contributed by atoms with van der Waals surface area (Å²) in [7, 11) is 0. The zero-order chi connectivity index (χ0) is 14.1. The number of fused-ring (bicyclic) bond motifs is 1. The van der Waals surface area contributed by atoms with Gasteiger partial charge in [-0.1, -0.05) is 11.6 Å². The molecule has 102 valence electrons. The van der Waals surface area contributed by atoms with Gasteiger partial charge in [0.25, 0.3) is 5.56 Å². The Kier molecular flexibility index (Phi) is 3.40. The summed E-state index contributed by atoms with van der Waals surface area (Å²) < 4.78 is 1.63. The second-order valence-electron chi connectivity index (χ2n) is 4.86. The lowest BCUT2D eigenvalue weighted by atomic mass is 9.94. The van der Waals surface area contributed by atoms with Crippen molar-refractivity contribution >= 4 is 17.4 Å². The molecule has 0 amide bonds. The zero-order valence-electron chi connectivity index (χ0n) is 10.8. The van der Waals surface area contributed by atoms with E-state index in [1.165, 1.54) is 6.07 Å². The number of hydrogen-bond acceptors (Lipinski definition) is 3. The second-order valence-corrected chi connectivity index (χ2v) is 5.30.